The average Bonchev–Trinajstić information content (AvgIpc) is 2.54. The van der Waals surface area contributed by atoms with Gasteiger partial charge in [0.2, 0.25) is 0 Å². The maximum atomic E-state index is 13.6. The molecule has 3 heteroatoms. The Bertz CT molecular complexity index is 836. The van der Waals surface area contributed by atoms with Gasteiger partial charge in [0.05, 0.1) is 11.6 Å². The van der Waals surface area contributed by atoms with E-state index >= 15 is 0 Å². The normalized spacial score (nSPS) is 10.3. The van der Waals surface area contributed by atoms with Gasteiger partial charge in [-0.1, -0.05) is 42.5 Å². The molecule has 102 valence electrons. The first-order valence-corrected chi connectivity index (χ1v) is 6.57. The third-order valence-corrected chi connectivity index (χ3v) is 3.35. The lowest BCUT2D eigenvalue weighted by atomic mass is 10.0. The van der Waals surface area contributed by atoms with Gasteiger partial charge in [0.1, 0.15) is 18.2 Å². The molecule has 0 saturated carbocycles. The zero-order valence-electron chi connectivity index (χ0n) is 11.2. The molecule has 0 aromatic heterocycles. The molecule has 3 rings (SSSR count). The lowest BCUT2D eigenvalue weighted by molar-refractivity contribution is 0.303. The van der Waals surface area contributed by atoms with E-state index in [1.807, 2.05) is 24.3 Å². The van der Waals surface area contributed by atoms with Crippen LogP contribution in [0.25, 0.3) is 10.8 Å². The summed E-state index contributed by atoms with van der Waals surface area (Å²) in [4.78, 5) is 0. The van der Waals surface area contributed by atoms with E-state index in [4.69, 9.17) is 10.00 Å². The number of halogens is 1. The maximum Gasteiger partial charge on any atom is 0.129 e. The molecule has 0 radical (unpaired) electrons. The van der Waals surface area contributed by atoms with Crippen molar-refractivity contribution < 1.29 is 9.13 Å². The molecule has 2 nitrogen and oxygen atoms in total. The summed E-state index contributed by atoms with van der Waals surface area (Å²) in [7, 11) is 0. The van der Waals surface area contributed by atoms with Gasteiger partial charge in [-0.05, 0) is 18.2 Å². The molecule has 0 saturated heterocycles. The fourth-order valence-electron chi connectivity index (χ4n) is 2.27. The van der Waals surface area contributed by atoms with Crippen molar-refractivity contribution in [2.45, 2.75) is 6.61 Å². The summed E-state index contributed by atoms with van der Waals surface area (Å²) in [6, 6.07) is 19.7. The van der Waals surface area contributed by atoms with Gasteiger partial charge in [0, 0.05) is 16.3 Å². The highest BCUT2D eigenvalue weighted by atomic mass is 19.1. The van der Waals surface area contributed by atoms with Crippen LogP contribution in [0.2, 0.25) is 0 Å². The molecular weight excluding hydrogens is 265 g/mol. The molecule has 0 aliphatic heterocycles. The zero-order valence-corrected chi connectivity index (χ0v) is 11.2. The summed E-state index contributed by atoms with van der Waals surface area (Å²) in [6.07, 6.45) is 0. The number of hydrogen-bond acceptors (Lipinski definition) is 2. The molecule has 0 aliphatic rings. The second-order valence-electron chi connectivity index (χ2n) is 4.65. The van der Waals surface area contributed by atoms with Crippen molar-refractivity contribution in [2.24, 2.45) is 0 Å². The summed E-state index contributed by atoms with van der Waals surface area (Å²) < 4.78 is 19.3. The molecule has 0 fully saturated rings. The smallest absolute Gasteiger partial charge is 0.129 e. The van der Waals surface area contributed by atoms with Crippen molar-refractivity contribution in [3.8, 4) is 11.8 Å². The molecule has 0 aliphatic carbocycles. The first-order valence-electron chi connectivity index (χ1n) is 6.57. The number of rotatable bonds is 3. The van der Waals surface area contributed by atoms with E-state index in [2.05, 4.69) is 6.07 Å². The van der Waals surface area contributed by atoms with Crippen LogP contribution in [0.3, 0.4) is 0 Å². The summed E-state index contributed by atoms with van der Waals surface area (Å²) in [5, 5.41) is 10.8. The topological polar surface area (TPSA) is 33.0 Å². The predicted molar refractivity (Wildman–Crippen MR) is 79.4 cm³/mol. The highest BCUT2D eigenvalue weighted by molar-refractivity contribution is 5.92. The molecular formula is C18H12FNO. The monoisotopic (exact) mass is 277 g/mol. The van der Waals surface area contributed by atoms with Crippen LogP contribution in [0.4, 0.5) is 4.39 Å². The third-order valence-electron chi connectivity index (χ3n) is 3.35. The molecule has 3 aromatic rings. The molecule has 0 heterocycles. The van der Waals surface area contributed by atoms with Crippen molar-refractivity contribution in [3.63, 3.8) is 0 Å². The average molecular weight is 277 g/mol. The van der Waals surface area contributed by atoms with Crippen LogP contribution in [0.1, 0.15) is 11.1 Å². The SMILES string of the molecule is N#Cc1ccc(OCc2ccccc2F)c2ccccc12. The summed E-state index contributed by atoms with van der Waals surface area (Å²) >= 11 is 0. The third kappa shape index (κ3) is 2.56. The van der Waals surface area contributed by atoms with E-state index in [0.29, 0.717) is 16.9 Å². The van der Waals surface area contributed by atoms with Crippen LogP contribution in [0, 0.1) is 17.1 Å². The number of nitriles is 1. The van der Waals surface area contributed by atoms with E-state index < -0.39 is 0 Å². The standard InChI is InChI=1S/C18H12FNO/c19-17-8-4-1-5-14(17)12-21-18-10-9-13(11-20)15-6-2-3-7-16(15)18/h1-10H,12H2. The first kappa shape index (κ1) is 13.1. The molecule has 0 spiro atoms. The van der Waals surface area contributed by atoms with Gasteiger partial charge in [-0.15, -0.1) is 0 Å². The van der Waals surface area contributed by atoms with Crippen LogP contribution in [0.5, 0.6) is 5.75 Å². The Kier molecular flexibility index (Phi) is 3.53. The minimum absolute atomic E-state index is 0.155. The summed E-state index contributed by atoms with van der Waals surface area (Å²) in [6.45, 7) is 0.155. The Labute approximate surface area is 122 Å². The van der Waals surface area contributed by atoms with E-state index in [-0.39, 0.29) is 12.4 Å². The van der Waals surface area contributed by atoms with Gasteiger partial charge in [0.15, 0.2) is 0 Å². The molecule has 0 bridgehead atoms. The second-order valence-corrected chi connectivity index (χ2v) is 4.65. The highest BCUT2D eigenvalue weighted by Crippen LogP contribution is 2.29. The lowest BCUT2D eigenvalue weighted by Gasteiger charge is -2.10. The van der Waals surface area contributed by atoms with Crippen LogP contribution >= 0.6 is 0 Å². The predicted octanol–water partition coefficient (Wildman–Crippen LogP) is 4.43. The number of hydrogen-bond donors (Lipinski definition) is 0. The minimum atomic E-state index is -0.282. The zero-order chi connectivity index (χ0) is 14.7. The maximum absolute atomic E-state index is 13.6. The van der Waals surface area contributed by atoms with Crippen molar-refractivity contribution in [3.05, 3.63) is 77.6 Å². The molecule has 0 amide bonds. The van der Waals surface area contributed by atoms with E-state index in [0.717, 1.165) is 10.8 Å². The fourth-order valence-corrected chi connectivity index (χ4v) is 2.27. The Balaban J connectivity index is 1.95. The molecule has 21 heavy (non-hydrogen) atoms. The van der Waals surface area contributed by atoms with Gasteiger partial charge in [-0.3, -0.25) is 0 Å². The molecule has 3 aromatic carbocycles. The van der Waals surface area contributed by atoms with Crippen molar-refractivity contribution >= 4 is 10.8 Å². The van der Waals surface area contributed by atoms with Gasteiger partial charge in [-0.25, -0.2) is 4.39 Å². The van der Waals surface area contributed by atoms with Crippen LogP contribution < -0.4 is 4.74 Å². The Hall–Kier alpha value is -2.86. The fraction of sp³-hybridized carbons (Fsp3) is 0.0556. The number of benzene rings is 3. The lowest BCUT2D eigenvalue weighted by Crippen LogP contribution is -1.99. The van der Waals surface area contributed by atoms with Gasteiger partial charge >= 0.3 is 0 Å². The van der Waals surface area contributed by atoms with E-state index in [1.165, 1.54) is 6.07 Å². The first-order chi connectivity index (χ1) is 10.3. The summed E-state index contributed by atoms with van der Waals surface area (Å²) in [5.41, 5.74) is 1.11. The number of nitrogens with zero attached hydrogens (tertiary/aromatic N) is 1. The highest BCUT2D eigenvalue weighted by Gasteiger charge is 2.07. The molecule has 0 N–H and O–H groups in total. The van der Waals surface area contributed by atoms with Gasteiger partial charge in [0.25, 0.3) is 0 Å². The molecule has 0 atom stereocenters. The quantitative estimate of drug-likeness (QED) is 0.709. The Morgan fingerprint density at radius 2 is 1.62 bits per heavy atom. The molecule has 0 unspecified atom stereocenters. The number of fused-ring (bicyclic) bond motifs is 1. The largest absolute Gasteiger partial charge is 0.488 e. The van der Waals surface area contributed by atoms with Crippen LogP contribution in [-0.4, -0.2) is 0 Å². The van der Waals surface area contributed by atoms with Crippen LogP contribution in [0.15, 0.2) is 60.7 Å². The summed E-state index contributed by atoms with van der Waals surface area (Å²) in [5.74, 6) is 0.364. The van der Waals surface area contributed by atoms with Crippen molar-refractivity contribution in [2.75, 3.05) is 0 Å². The van der Waals surface area contributed by atoms with Crippen molar-refractivity contribution in [1.82, 2.24) is 0 Å². The van der Waals surface area contributed by atoms with E-state index in [1.54, 1.807) is 30.3 Å². The Morgan fingerprint density at radius 1 is 0.905 bits per heavy atom. The van der Waals surface area contributed by atoms with Gasteiger partial charge < -0.3 is 4.74 Å². The Morgan fingerprint density at radius 3 is 2.38 bits per heavy atom. The van der Waals surface area contributed by atoms with Gasteiger partial charge in [-0.2, -0.15) is 5.26 Å². The minimum Gasteiger partial charge on any atom is -0.488 e. The second kappa shape index (κ2) is 5.64. The number of ether oxygens (including phenoxy) is 1. The van der Waals surface area contributed by atoms with Crippen molar-refractivity contribution in [1.29, 1.82) is 5.26 Å². The van der Waals surface area contributed by atoms with Crippen LogP contribution in [-0.2, 0) is 6.61 Å². The van der Waals surface area contributed by atoms with E-state index in [9.17, 15) is 4.39 Å².